The van der Waals surface area contributed by atoms with Gasteiger partial charge in [-0.3, -0.25) is 4.79 Å². The number of carbonyl (C=O) groups is 1. The minimum Gasteiger partial charge on any atom is -0.459 e. The van der Waals surface area contributed by atoms with Crippen LogP contribution in [0, 0.1) is 0 Å². The van der Waals surface area contributed by atoms with Crippen molar-refractivity contribution in [1.29, 1.82) is 0 Å². The van der Waals surface area contributed by atoms with Gasteiger partial charge in [-0.2, -0.15) is 4.31 Å². The number of thiazole rings is 1. The molecular formula is C20H22N2O4S2. The van der Waals surface area contributed by atoms with Crippen molar-refractivity contribution in [3.8, 4) is 0 Å². The summed E-state index contributed by atoms with van der Waals surface area (Å²) in [5.41, 5.74) is 0.688. The third kappa shape index (κ3) is 4.95. The van der Waals surface area contributed by atoms with Crippen LogP contribution < -0.4 is 0 Å². The maximum absolute atomic E-state index is 13.3. The molecule has 0 saturated carbocycles. The second kappa shape index (κ2) is 7.98. The van der Waals surface area contributed by atoms with Crippen molar-refractivity contribution in [1.82, 2.24) is 9.29 Å². The highest BCUT2D eigenvalue weighted by Crippen LogP contribution is 2.28. The predicted octanol–water partition coefficient (Wildman–Crippen LogP) is 3.83. The van der Waals surface area contributed by atoms with Crippen LogP contribution in [-0.2, 0) is 26.1 Å². The molecule has 0 unspecified atom stereocenters. The zero-order chi connectivity index (χ0) is 20.4. The van der Waals surface area contributed by atoms with Crippen molar-refractivity contribution >= 4 is 37.5 Å². The molecule has 148 valence electrons. The Bertz CT molecular complexity index is 1040. The Hall–Kier alpha value is -2.29. The van der Waals surface area contributed by atoms with E-state index in [1.165, 1.54) is 0 Å². The fourth-order valence-corrected chi connectivity index (χ4v) is 5.34. The number of hydrogen-bond donors (Lipinski definition) is 0. The Kier molecular flexibility index (Phi) is 5.83. The van der Waals surface area contributed by atoms with Crippen molar-refractivity contribution < 1.29 is 17.9 Å². The largest absolute Gasteiger partial charge is 0.459 e. The van der Waals surface area contributed by atoms with Crippen molar-refractivity contribution in [2.75, 3.05) is 6.54 Å². The van der Waals surface area contributed by atoms with E-state index in [1.54, 1.807) is 32.9 Å². The number of sulfonamides is 1. The van der Waals surface area contributed by atoms with E-state index in [2.05, 4.69) is 4.98 Å². The molecule has 3 rings (SSSR count). The van der Waals surface area contributed by atoms with Gasteiger partial charge in [0.05, 0.1) is 10.2 Å². The fraction of sp³-hybridized carbons (Fsp3) is 0.300. The monoisotopic (exact) mass is 418 g/mol. The molecule has 0 aliphatic heterocycles. The minimum absolute atomic E-state index is 0.0341. The van der Waals surface area contributed by atoms with Crippen molar-refractivity contribution in [2.45, 2.75) is 37.3 Å². The van der Waals surface area contributed by atoms with Gasteiger partial charge in [0.15, 0.2) is 0 Å². The summed E-state index contributed by atoms with van der Waals surface area (Å²) in [6.07, 6.45) is 0. The molecule has 0 bridgehead atoms. The average Bonchev–Trinajstić information content (AvgIpc) is 3.05. The van der Waals surface area contributed by atoms with Crippen molar-refractivity contribution in [2.24, 2.45) is 0 Å². The van der Waals surface area contributed by atoms with E-state index in [9.17, 15) is 13.2 Å². The molecule has 1 heterocycles. The van der Waals surface area contributed by atoms with E-state index in [4.69, 9.17) is 4.74 Å². The van der Waals surface area contributed by atoms with Gasteiger partial charge in [-0.05, 0) is 38.5 Å². The van der Waals surface area contributed by atoms with Crippen LogP contribution in [0.2, 0.25) is 0 Å². The Morgan fingerprint density at radius 2 is 1.71 bits per heavy atom. The molecule has 0 fully saturated rings. The van der Waals surface area contributed by atoms with Gasteiger partial charge in [0, 0.05) is 6.54 Å². The van der Waals surface area contributed by atoms with E-state index < -0.39 is 21.6 Å². The Morgan fingerprint density at radius 1 is 1.07 bits per heavy atom. The molecule has 0 aliphatic rings. The summed E-state index contributed by atoms with van der Waals surface area (Å²) in [5, 5.41) is 0. The molecular weight excluding hydrogens is 396 g/mol. The average molecular weight is 419 g/mol. The van der Waals surface area contributed by atoms with E-state index >= 15 is 0 Å². The van der Waals surface area contributed by atoms with E-state index in [-0.39, 0.29) is 17.4 Å². The first-order valence-electron chi connectivity index (χ1n) is 8.77. The Balaban J connectivity index is 1.95. The standard InChI is InChI=1S/C20H22N2O4S2/c1-20(2,3)26-18(23)14-22(13-15-9-5-4-6-10-15)28(24,25)19-21-16-11-7-8-12-17(16)27-19/h4-12H,13-14H2,1-3H3. The third-order valence-electron chi connectivity index (χ3n) is 3.76. The van der Waals surface area contributed by atoms with Gasteiger partial charge < -0.3 is 4.74 Å². The lowest BCUT2D eigenvalue weighted by Crippen LogP contribution is -2.38. The third-order valence-corrected chi connectivity index (χ3v) is 6.95. The Morgan fingerprint density at radius 3 is 2.36 bits per heavy atom. The molecule has 0 aliphatic carbocycles. The molecule has 0 N–H and O–H groups in total. The summed E-state index contributed by atoms with van der Waals surface area (Å²) in [6, 6.07) is 16.4. The number of nitrogens with zero attached hydrogens (tertiary/aromatic N) is 2. The molecule has 1 aromatic heterocycles. The number of hydrogen-bond acceptors (Lipinski definition) is 6. The molecule has 0 spiro atoms. The van der Waals surface area contributed by atoms with Crippen LogP contribution in [0.15, 0.2) is 58.9 Å². The molecule has 3 aromatic rings. The van der Waals surface area contributed by atoms with E-state index in [0.717, 1.165) is 25.9 Å². The van der Waals surface area contributed by atoms with E-state index in [1.807, 2.05) is 42.5 Å². The van der Waals surface area contributed by atoms with Gasteiger partial charge in [0.25, 0.3) is 10.0 Å². The quantitative estimate of drug-likeness (QED) is 0.569. The van der Waals surface area contributed by atoms with Gasteiger partial charge in [-0.15, -0.1) is 11.3 Å². The molecule has 6 nitrogen and oxygen atoms in total. The van der Waals surface area contributed by atoms with Gasteiger partial charge in [0.1, 0.15) is 12.1 Å². The van der Waals surface area contributed by atoms with Gasteiger partial charge >= 0.3 is 5.97 Å². The van der Waals surface area contributed by atoms with Crippen LogP contribution in [0.1, 0.15) is 26.3 Å². The van der Waals surface area contributed by atoms with Crippen LogP contribution in [0.4, 0.5) is 0 Å². The number of carbonyl (C=O) groups excluding carboxylic acids is 1. The minimum atomic E-state index is -3.97. The van der Waals surface area contributed by atoms with Gasteiger partial charge in [0.2, 0.25) is 4.34 Å². The second-order valence-corrected chi connectivity index (χ2v) is 10.4. The highest BCUT2D eigenvalue weighted by Gasteiger charge is 2.31. The van der Waals surface area contributed by atoms with Gasteiger partial charge in [-0.1, -0.05) is 42.5 Å². The van der Waals surface area contributed by atoms with Crippen molar-refractivity contribution in [3.05, 3.63) is 60.2 Å². The van der Waals surface area contributed by atoms with Crippen molar-refractivity contribution in [3.63, 3.8) is 0 Å². The maximum Gasteiger partial charge on any atom is 0.321 e. The zero-order valence-electron chi connectivity index (χ0n) is 16.0. The lowest BCUT2D eigenvalue weighted by molar-refractivity contribution is -0.155. The first-order chi connectivity index (χ1) is 13.1. The molecule has 0 radical (unpaired) electrons. The number of rotatable bonds is 6. The topological polar surface area (TPSA) is 76.6 Å². The number of para-hydroxylation sites is 1. The molecule has 0 atom stereocenters. The second-order valence-electron chi connectivity index (χ2n) is 7.29. The number of fused-ring (bicyclic) bond motifs is 1. The van der Waals surface area contributed by atoms with Crippen LogP contribution >= 0.6 is 11.3 Å². The molecule has 2 aromatic carbocycles. The SMILES string of the molecule is CC(C)(C)OC(=O)CN(Cc1ccccc1)S(=O)(=O)c1nc2ccccc2s1. The fourth-order valence-electron chi connectivity index (χ4n) is 2.60. The number of aromatic nitrogens is 1. The molecule has 28 heavy (non-hydrogen) atoms. The van der Waals surface area contributed by atoms with Gasteiger partial charge in [-0.25, -0.2) is 13.4 Å². The normalized spacial score (nSPS) is 12.4. The number of ether oxygens (including phenoxy) is 1. The summed E-state index contributed by atoms with van der Waals surface area (Å²) in [7, 11) is -3.97. The summed E-state index contributed by atoms with van der Waals surface area (Å²) in [5.74, 6) is -0.604. The summed E-state index contributed by atoms with van der Waals surface area (Å²) >= 11 is 1.09. The van der Waals surface area contributed by atoms with Crippen LogP contribution in [0.5, 0.6) is 0 Å². The first kappa shape index (κ1) is 20.4. The lowest BCUT2D eigenvalue weighted by Gasteiger charge is -2.24. The zero-order valence-corrected chi connectivity index (χ0v) is 17.6. The van der Waals surface area contributed by atoms with Crippen LogP contribution in [0.3, 0.4) is 0 Å². The Labute approximate surface area is 168 Å². The van der Waals surface area contributed by atoms with Crippen LogP contribution in [-0.4, -0.2) is 35.8 Å². The molecule has 0 saturated heterocycles. The highest BCUT2D eigenvalue weighted by molar-refractivity contribution is 7.91. The highest BCUT2D eigenvalue weighted by atomic mass is 32.2. The summed E-state index contributed by atoms with van der Waals surface area (Å²) < 4.78 is 33.7. The first-order valence-corrected chi connectivity index (χ1v) is 11.0. The number of esters is 1. The predicted molar refractivity (Wildman–Crippen MR) is 110 cm³/mol. The summed E-state index contributed by atoms with van der Waals surface area (Å²) in [6.45, 7) is 4.90. The smallest absolute Gasteiger partial charge is 0.321 e. The molecule has 8 heteroatoms. The molecule has 0 amide bonds. The van der Waals surface area contributed by atoms with E-state index in [0.29, 0.717) is 5.52 Å². The summed E-state index contributed by atoms with van der Waals surface area (Å²) in [4.78, 5) is 16.6. The maximum atomic E-state index is 13.3. The number of benzene rings is 2. The van der Waals surface area contributed by atoms with Crippen LogP contribution in [0.25, 0.3) is 10.2 Å². The lowest BCUT2D eigenvalue weighted by atomic mass is 10.2.